The van der Waals surface area contributed by atoms with E-state index in [0.29, 0.717) is 36.8 Å². The highest BCUT2D eigenvalue weighted by molar-refractivity contribution is 5.92. The third-order valence-electron chi connectivity index (χ3n) is 4.93. The molecule has 0 atom stereocenters. The Morgan fingerprint density at radius 2 is 1.65 bits per heavy atom. The number of esters is 1. The van der Waals surface area contributed by atoms with E-state index in [1.807, 2.05) is 38.1 Å². The largest absolute Gasteiger partial charge is 0.497 e. The van der Waals surface area contributed by atoms with E-state index in [0.717, 1.165) is 24.2 Å². The van der Waals surface area contributed by atoms with Gasteiger partial charge in [-0.3, -0.25) is 4.79 Å². The van der Waals surface area contributed by atoms with Gasteiger partial charge in [-0.15, -0.1) is 0 Å². The monoisotopic (exact) mass is 427 g/mol. The molecule has 1 amide bonds. The van der Waals surface area contributed by atoms with Crippen LogP contribution in [0.15, 0.2) is 42.5 Å². The van der Waals surface area contributed by atoms with Gasteiger partial charge in [0.15, 0.2) is 18.1 Å². The second-order valence-electron chi connectivity index (χ2n) is 7.20. The molecule has 7 heteroatoms. The predicted octanol–water partition coefficient (Wildman–Crippen LogP) is 3.84. The van der Waals surface area contributed by atoms with Crippen LogP contribution in [0.1, 0.15) is 42.6 Å². The summed E-state index contributed by atoms with van der Waals surface area (Å²) >= 11 is 0. The molecule has 0 bridgehead atoms. The summed E-state index contributed by atoms with van der Waals surface area (Å²) in [5.74, 6) is 1.03. The molecule has 2 aromatic rings. The molecule has 166 valence electrons. The summed E-state index contributed by atoms with van der Waals surface area (Å²) in [6, 6.07) is 12.7. The zero-order valence-electron chi connectivity index (χ0n) is 18.3. The van der Waals surface area contributed by atoms with Crippen molar-refractivity contribution in [3.8, 4) is 17.2 Å². The Morgan fingerprint density at radius 1 is 0.968 bits per heavy atom. The van der Waals surface area contributed by atoms with Crippen molar-refractivity contribution < 1.29 is 28.5 Å². The van der Waals surface area contributed by atoms with Crippen LogP contribution in [-0.2, 0) is 16.1 Å². The number of benzene rings is 2. The van der Waals surface area contributed by atoms with Crippen LogP contribution in [0.2, 0.25) is 0 Å². The average molecular weight is 427 g/mol. The van der Waals surface area contributed by atoms with Crippen molar-refractivity contribution in [2.24, 2.45) is 0 Å². The maximum atomic E-state index is 12.8. The molecule has 31 heavy (non-hydrogen) atoms. The van der Waals surface area contributed by atoms with Crippen molar-refractivity contribution in [3.05, 3.63) is 53.6 Å². The van der Waals surface area contributed by atoms with E-state index in [2.05, 4.69) is 0 Å². The van der Waals surface area contributed by atoms with Crippen LogP contribution in [0.25, 0.3) is 0 Å². The summed E-state index contributed by atoms with van der Waals surface area (Å²) in [6.45, 7) is 4.84. The van der Waals surface area contributed by atoms with Gasteiger partial charge in [-0.25, -0.2) is 4.79 Å². The molecule has 0 spiro atoms. The van der Waals surface area contributed by atoms with Crippen molar-refractivity contribution in [1.82, 2.24) is 4.90 Å². The number of methoxy groups -OCH3 is 1. The van der Waals surface area contributed by atoms with Crippen LogP contribution in [0.3, 0.4) is 0 Å². The molecule has 0 saturated heterocycles. The summed E-state index contributed by atoms with van der Waals surface area (Å²) in [6.07, 6.45) is 1.93. The van der Waals surface area contributed by atoms with Crippen LogP contribution >= 0.6 is 0 Å². The first-order chi connectivity index (χ1) is 15.0. The summed E-state index contributed by atoms with van der Waals surface area (Å²) in [7, 11) is 1.62. The summed E-state index contributed by atoms with van der Waals surface area (Å²) in [5, 5.41) is 0. The molecule has 2 aromatic carbocycles. The number of carbonyl (C=O) groups excluding carboxylic acids is 2. The van der Waals surface area contributed by atoms with E-state index < -0.39 is 5.97 Å². The van der Waals surface area contributed by atoms with E-state index in [4.69, 9.17) is 18.9 Å². The topological polar surface area (TPSA) is 74.3 Å². The zero-order valence-corrected chi connectivity index (χ0v) is 18.3. The number of carbonyl (C=O) groups is 2. The molecule has 0 N–H and O–H groups in total. The molecule has 0 aliphatic heterocycles. The van der Waals surface area contributed by atoms with Crippen LogP contribution < -0.4 is 14.2 Å². The maximum Gasteiger partial charge on any atom is 0.338 e. The lowest BCUT2D eigenvalue weighted by Gasteiger charge is -2.22. The molecule has 7 nitrogen and oxygen atoms in total. The molecule has 0 heterocycles. The molecule has 0 aromatic heterocycles. The van der Waals surface area contributed by atoms with Gasteiger partial charge in [0, 0.05) is 12.6 Å². The van der Waals surface area contributed by atoms with Gasteiger partial charge in [-0.2, -0.15) is 0 Å². The van der Waals surface area contributed by atoms with E-state index in [9.17, 15) is 9.59 Å². The fraction of sp³-hybridized carbons (Fsp3) is 0.417. The standard InChI is InChI=1S/C24H29NO6/c1-4-29-21-13-8-18(14-22(21)30-5-2)24(27)31-16-23(26)25(19-9-10-19)15-17-6-11-20(28-3)12-7-17/h6-8,11-14,19H,4-5,9-10,15-16H2,1-3H3. The predicted molar refractivity (Wildman–Crippen MR) is 116 cm³/mol. The van der Waals surface area contributed by atoms with Gasteiger partial charge in [-0.05, 0) is 62.6 Å². The van der Waals surface area contributed by atoms with Gasteiger partial charge >= 0.3 is 5.97 Å². The lowest BCUT2D eigenvalue weighted by molar-refractivity contribution is -0.135. The Kier molecular flexibility index (Phi) is 7.76. The third-order valence-corrected chi connectivity index (χ3v) is 4.93. The molecular weight excluding hydrogens is 398 g/mol. The Bertz CT molecular complexity index is 891. The SMILES string of the molecule is CCOc1ccc(C(=O)OCC(=O)N(Cc2ccc(OC)cc2)C2CC2)cc1OCC. The van der Waals surface area contributed by atoms with Gasteiger partial charge < -0.3 is 23.8 Å². The van der Waals surface area contributed by atoms with Gasteiger partial charge in [-0.1, -0.05) is 12.1 Å². The highest BCUT2D eigenvalue weighted by Gasteiger charge is 2.33. The van der Waals surface area contributed by atoms with Crippen LogP contribution in [0.4, 0.5) is 0 Å². The summed E-state index contributed by atoms with van der Waals surface area (Å²) in [5.41, 5.74) is 1.31. The Morgan fingerprint density at radius 3 is 2.26 bits per heavy atom. The molecule has 1 aliphatic rings. The first kappa shape index (κ1) is 22.5. The third kappa shape index (κ3) is 6.13. The van der Waals surface area contributed by atoms with E-state index in [-0.39, 0.29) is 18.6 Å². The van der Waals surface area contributed by atoms with Gasteiger partial charge in [0.05, 0.1) is 25.9 Å². The summed E-state index contributed by atoms with van der Waals surface area (Å²) < 4.78 is 21.6. The quantitative estimate of drug-likeness (QED) is 0.507. The number of nitrogens with zero attached hydrogens (tertiary/aromatic N) is 1. The first-order valence-electron chi connectivity index (χ1n) is 10.5. The van der Waals surface area contributed by atoms with Crippen LogP contribution in [-0.4, -0.2) is 49.7 Å². The molecule has 1 saturated carbocycles. The van der Waals surface area contributed by atoms with Crippen molar-refractivity contribution in [3.63, 3.8) is 0 Å². The normalized spacial score (nSPS) is 12.7. The Balaban J connectivity index is 1.61. The van der Waals surface area contributed by atoms with Crippen LogP contribution in [0, 0.1) is 0 Å². The lowest BCUT2D eigenvalue weighted by atomic mass is 10.2. The fourth-order valence-electron chi connectivity index (χ4n) is 3.21. The molecular formula is C24H29NO6. The van der Waals surface area contributed by atoms with Crippen molar-refractivity contribution in [2.75, 3.05) is 26.9 Å². The average Bonchev–Trinajstić information content (AvgIpc) is 3.62. The van der Waals surface area contributed by atoms with Gasteiger partial charge in [0.1, 0.15) is 5.75 Å². The summed E-state index contributed by atoms with van der Waals surface area (Å²) in [4.78, 5) is 27.1. The van der Waals surface area contributed by atoms with E-state index in [1.54, 1.807) is 30.2 Å². The number of hydrogen-bond donors (Lipinski definition) is 0. The number of rotatable bonds is 11. The van der Waals surface area contributed by atoms with E-state index in [1.165, 1.54) is 0 Å². The first-order valence-corrected chi connectivity index (χ1v) is 10.5. The minimum absolute atomic E-state index is 0.198. The minimum Gasteiger partial charge on any atom is -0.497 e. The maximum absolute atomic E-state index is 12.8. The second kappa shape index (κ2) is 10.7. The number of ether oxygens (including phenoxy) is 4. The zero-order chi connectivity index (χ0) is 22.2. The highest BCUT2D eigenvalue weighted by atomic mass is 16.5. The Hall–Kier alpha value is -3.22. The van der Waals surface area contributed by atoms with Gasteiger partial charge in [0.2, 0.25) is 0 Å². The molecule has 1 fully saturated rings. The molecule has 0 unspecified atom stereocenters. The Labute approximate surface area is 182 Å². The van der Waals surface area contributed by atoms with Crippen molar-refractivity contribution >= 4 is 11.9 Å². The smallest absolute Gasteiger partial charge is 0.338 e. The van der Waals surface area contributed by atoms with Gasteiger partial charge in [0.25, 0.3) is 5.91 Å². The second-order valence-corrected chi connectivity index (χ2v) is 7.20. The lowest BCUT2D eigenvalue weighted by Crippen LogP contribution is -2.36. The minimum atomic E-state index is -0.572. The van der Waals surface area contributed by atoms with Crippen LogP contribution in [0.5, 0.6) is 17.2 Å². The van der Waals surface area contributed by atoms with Crippen molar-refractivity contribution in [1.29, 1.82) is 0 Å². The fourth-order valence-corrected chi connectivity index (χ4v) is 3.21. The van der Waals surface area contributed by atoms with E-state index >= 15 is 0 Å². The highest BCUT2D eigenvalue weighted by Crippen LogP contribution is 2.30. The molecule has 0 radical (unpaired) electrons. The molecule has 1 aliphatic carbocycles. The van der Waals surface area contributed by atoms with Crippen molar-refractivity contribution in [2.45, 2.75) is 39.3 Å². The number of amides is 1. The molecule has 3 rings (SSSR count). The number of hydrogen-bond acceptors (Lipinski definition) is 6.